The van der Waals surface area contributed by atoms with Crippen molar-refractivity contribution in [3.8, 4) is 0 Å². The Morgan fingerprint density at radius 2 is 1.78 bits per heavy atom. The van der Waals surface area contributed by atoms with Gasteiger partial charge < -0.3 is 4.90 Å². The number of hydrogen-bond donors (Lipinski definition) is 0. The minimum atomic E-state index is -1.08. The van der Waals surface area contributed by atoms with E-state index >= 15 is 0 Å². The van der Waals surface area contributed by atoms with Crippen molar-refractivity contribution < 1.29 is 14.4 Å². The zero-order valence-corrected chi connectivity index (χ0v) is 18.7. The molecule has 3 saturated heterocycles. The van der Waals surface area contributed by atoms with Gasteiger partial charge in [0.05, 0.1) is 17.5 Å². The molecule has 6 nitrogen and oxygen atoms in total. The fourth-order valence-corrected chi connectivity index (χ4v) is 6.95. The number of carbonyl (C=O) groups is 3. The minimum Gasteiger partial charge on any atom is -0.310 e. The number of likely N-dealkylation sites (N-methyl/N-ethyl adjacent to an activating group) is 1. The van der Waals surface area contributed by atoms with E-state index in [4.69, 9.17) is 0 Å². The van der Waals surface area contributed by atoms with Crippen LogP contribution >= 0.6 is 0 Å². The van der Waals surface area contributed by atoms with Gasteiger partial charge in [0.2, 0.25) is 11.8 Å². The Balaban J connectivity index is 1.57. The van der Waals surface area contributed by atoms with Crippen molar-refractivity contribution in [3.63, 3.8) is 0 Å². The van der Waals surface area contributed by atoms with E-state index in [0.29, 0.717) is 12.2 Å². The number of hydrogen-bond acceptors (Lipinski definition) is 4. The Labute approximate surface area is 187 Å². The molecule has 3 amide bonds. The lowest BCUT2D eigenvalue weighted by Crippen LogP contribution is -2.56. The summed E-state index contributed by atoms with van der Waals surface area (Å²) >= 11 is 0. The topological polar surface area (TPSA) is 60.9 Å². The lowest BCUT2D eigenvalue weighted by Gasteiger charge is -2.37. The van der Waals surface area contributed by atoms with Crippen LogP contribution in [-0.4, -0.2) is 41.8 Å². The van der Waals surface area contributed by atoms with Crippen LogP contribution in [0.4, 0.5) is 11.4 Å². The highest BCUT2D eigenvalue weighted by molar-refractivity contribution is 6.26. The average molecular weight is 430 g/mol. The molecule has 6 heteroatoms. The van der Waals surface area contributed by atoms with E-state index in [1.54, 1.807) is 4.90 Å². The summed E-state index contributed by atoms with van der Waals surface area (Å²) in [7, 11) is 0. The van der Waals surface area contributed by atoms with Crippen LogP contribution in [0.2, 0.25) is 0 Å². The van der Waals surface area contributed by atoms with Crippen molar-refractivity contribution in [2.75, 3.05) is 22.9 Å². The molecule has 0 aromatic heterocycles. The quantitative estimate of drug-likeness (QED) is 0.688. The van der Waals surface area contributed by atoms with Crippen LogP contribution in [0.5, 0.6) is 0 Å². The summed E-state index contributed by atoms with van der Waals surface area (Å²) in [5.41, 5.74) is 3.30. The summed E-state index contributed by atoms with van der Waals surface area (Å²) in [6.07, 6.45) is 1.77. The molecule has 4 aliphatic heterocycles. The Kier molecular flexibility index (Phi) is 4.01. The van der Waals surface area contributed by atoms with E-state index in [9.17, 15) is 14.4 Å². The molecule has 2 aromatic carbocycles. The first kappa shape index (κ1) is 19.7. The first-order valence-electron chi connectivity index (χ1n) is 11.6. The lowest BCUT2D eigenvalue weighted by molar-refractivity contribution is -0.137. The standard InChI is InChI=1S/C26H27N3O3/c1-4-27-19-9-6-5-8-17(19)26(25(27)32)22-21(20-10-7-13-28(20)26)23(30)29(24(22)31)18-12-11-15(2)14-16(18)3/h5-6,8-9,11-12,14,20-22H,4,7,10,13H2,1-3H3/t20-,21-,22-,26-/m0/s1. The van der Waals surface area contributed by atoms with Gasteiger partial charge in [-0.05, 0) is 57.9 Å². The van der Waals surface area contributed by atoms with Crippen LogP contribution in [0.3, 0.4) is 0 Å². The Hall–Kier alpha value is -2.99. The zero-order valence-electron chi connectivity index (χ0n) is 18.7. The van der Waals surface area contributed by atoms with Gasteiger partial charge in [0.1, 0.15) is 5.54 Å². The smallest absolute Gasteiger partial charge is 0.253 e. The van der Waals surface area contributed by atoms with E-state index in [0.717, 1.165) is 41.8 Å². The molecule has 4 aliphatic rings. The summed E-state index contributed by atoms with van der Waals surface area (Å²) in [5.74, 6) is -1.61. The Morgan fingerprint density at radius 1 is 1.00 bits per heavy atom. The van der Waals surface area contributed by atoms with Crippen molar-refractivity contribution in [1.82, 2.24) is 4.90 Å². The summed E-state index contributed by atoms with van der Waals surface area (Å²) < 4.78 is 0. The molecule has 4 heterocycles. The van der Waals surface area contributed by atoms with Crippen LogP contribution in [0.15, 0.2) is 42.5 Å². The number of amides is 3. The molecule has 0 N–H and O–H groups in total. The van der Waals surface area contributed by atoms with Gasteiger partial charge in [0.15, 0.2) is 0 Å². The van der Waals surface area contributed by atoms with E-state index in [-0.39, 0.29) is 23.8 Å². The first-order chi connectivity index (χ1) is 15.4. The molecule has 0 aliphatic carbocycles. The molecular weight excluding hydrogens is 402 g/mol. The molecule has 32 heavy (non-hydrogen) atoms. The number of rotatable bonds is 2. The second-order valence-corrected chi connectivity index (χ2v) is 9.54. The van der Waals surface area contributed by atoms with Gasteiger partial charge in [-0.15, -0.1) is 0 Å². The minimum absolute atomic E-state index is 0.0516. The SMILES string of the molecule is CCN1C(=O)[C@]2(c3ccccc31)[C@@H]1C(=O)N(c3ccc(C)cc3C)C(=O)[C@H]1[C@@H]1CCCN12. The van der Waals surface area contributed by atoms with E-state index in [2.05, 4.69) is 4.90 Å². The number of anilines is 2. The largest absolute Gasteiger partial charge is 0.310 e. The van der Waals surface area contributed by atoms with Gasteiger partial charge in [-0.1, -0.05) is 35.9 Å². The normalized spacial score (nSPS) is 31.1. The summed E-state index contributed by atoms with van der Waals surface area (Å²) in [5, 5.41) is 0. The number of imide groups is 1. The number of carbonyl (C=O) groups excluding carboxylic acids is 3. The zero-order chi connectivity index (χ0) is 22.4. The van der Waals surface area contributed by atoms with Crippen LogP contribution in [-0.2, 0) is 19.9 Å². The predicted octanol–water partition coefficient (Wildman–Crippen LogP) is 3.15. The molecular formula is C26H27N3O3. The van der Waals surface area contributed by atoms with E-state index < -0.39 is 17.4 Å². The number of aryl methyl sites for hydroxylation is 2. The lowest BCUT2D eigenvalue weighted by atomic mass is 9.75. The van der Waals surface area contributed by atoms with Gasteiger partial charge in [-0.25, -0.2) is 4.90 Å². The summed E-state index contributed by atoms with van der Waals surface area (Å²) in [4.78, 5) is 47.4. The fourth-order valence-electron chi connectivity index (χ4n) is 6.95. The van der Waals surface area contributed by atoms with Crippen molar-refractivity contribution in [2.24, 2.45) is 11.8 Å². The number of nitrogens with zero attached hydrogens (tertiary/aromatic N) is 3. The third kappa shape index (κ3) is 2.11. The van der Waals surface area contributed by atoms with Crippen molar-refractivity contribution in [2.45, 2.75) is 45.2 Å². The molecule has 6 rings (SSSR count). The molecule has 0 unspecified atom stereocenters. The van der Waals surface area contributed by atoms with Gasteiger partial charge >= 0.3 is 0 Å². The van der Waals surface area contributed by atoms with Gasteiger partial charge in [-0.2, -0.15) is 0 Å². The first-order valence-corrected chi connectivity index (χ1v) is 11.6. The number of para-hydroxylation sites is 1. The molecule has 0 saturated carbocycles. The van der Waals surface area contributed by atoms with Crippen LogP contribution < -0.4 is 9.80 Å². The molecule has 4 atom stereocenters. The maximum absolute atomic E-state index is 14.1. The second-order valence-electron chi connectivity index (χ2n) is 9.54. The monoisotopic (exact) mass is 429 g/mol. The van der Waals surface area contributed by atoms with Crippen LogP contribution in [0.25, 0.3) is 0 Å². The summed E-state index contributed by atoms with van der Waals surface area (Å²) in [6, 6.07) is 13.5. The third-order valence-electron chi connectivity index (χ3n) is 8.05. The maximum Gasteiger partial charge on any atom is 0.253 e. The van der Waals surface area contributed by atoms with Crippen molar-refractivity contribution >= 4 is 29.1 Å². The maximum atomic E-state index is 14.1. The van der Waals surface area contributed by atoms with E-state index in [1.807, 2.05) is 63.2 Å². The van der Waals surface area contributed by atoms with Crippen molar-refractivity contribution in [3.05, 3.63) is 59.2 Å². The van der Waals surface area contributed by atoms with Crippen LogP contribution in [0, 0.1) is 25.7 Å². The van der Waals surface area contributed by atoms with Gasteiger partial charge in [0.25, 0.3) is 5.91 Å². The van der Waals surface area contributed by atoms with Gasteiger partial charge in [0, 0.05) is 23.8 Å². The number of benzene rings is 2. The summed E-state index contributed by atoms with van der Waals surface area (Å²) in [6.45, 7) is 7.17. The highest BCUT2D eigenvalue weighted by Gasteiger charge is 2.75. The Morgan fingerprint density at radius 3 is 2.53 bits per heavy atom. The fraction of sp³-hybridized carbons (Fsp3) is 0.423. The second kappa shape index (κ2) is 6.51. The highest BCUT2D eigenvalue weighted by atomic mass is 16.2. The molecule has 1 spiro atoms. The molecule has 3 fully saturated rings. The molecule has 0 bridgehead atoms. The highest BCUT2D eigenvalue weighted by Crippen LogP contribution is 2.61. The Bertz CT molecular complexity index is 1190. The average Bonchev–Trinajstić information content (AvgIpc) is 3.47. The molecule has 164 valence electrons. The van der Waals surface area contributed by atoms with Gasteiger partial charge in [-0.3, -0.25) is 19.3 Å². The van der Waals surface area contributed by atoms with Crippen LogP contribution in [0.1, 0.15) is 36.5 Å². The molecule has 2 aromatic rings. The number of fused-ring (bicyclic) bond motifs is 7. The third-order valence-corrected chi connectivity index (χ3v) is 8.05. The predicted molar refractivity (Wildman–Crippen MR) is 121 cm³/mol. The van der Waals surface area contributed by atoms with Crippen molar-refractivity contribution in [1.29, 1.82) is 0 Å². The molecule has 0 radical (unpaired) electrons. The van der Waals surface area contributed by atoms with E-state index in [1.165, 1.54) is 4.90 Å².